The first kappa shape index (κ1) is 60.1. The van der Waals surface area contributed by atoms with Gasteiger partial charge in [0, 0.05) is 39.1 Å². The molecule has 362 valence electrons. The third kappa shape index (κ3) is 47.5. The van der Waals surface area contributed by atoms with Gasteiger partial charge in [0.05, 0.1) is 0 Å². The van der Waals surface area contributed by atoms with Gasteiger partial charge in [-0.2, -0.15) is 0 Å². The van der Waals surface area contributed by atoms with Gasteiger partial charge in [0.15, 0.2) is 0 Å². The lowest BCUT2D eigenvalue weighted by molar-refractivity contribution is 0.0510. The number of hydrogen-bond acceptors (Lipinski definition) is 4. The van der Waals surface area contributed by atoms with E-state index >= 15 is 0 Å². The van der Waals surface area contributed by atoms with E-state index in [1.54, 1.807) is 0 Å². The Bertz CT molecular complexity index is 681. The molecule has 0 aromatic heterocycles. The van der Waals surface area contributed by atoms with E-state index in [0.717, 1.165) is 64.8 Å². The van der Waals surface area contributed by atoms with Crippen LogP contribution < -0.4 is 0 Å². The van der Waals surface area contributed by atoms with E-state index in [1.165, 1.54) is 263 Å². The maximum atomic E-state index is 6.87. The maximum Gasteiger partial charge on any atom is 0.501 e. The van der Waals surface area contributed by atoms with Gasteiger partial charge in [-0.25, -0.2) is 0 Å². The summed E-state index contributed by atoms with van der Waals surface area (Å²) in [6.07, 6.45) is 60.9. The summed E-state index contributed by atoms with van der Waals surface area (Å²) in [5.41, 5.74) is 0. The smallest absolute Gasteiger partial charge is 0.381 e. The molecule has 0 aliphatic heterocycles. The first-order chi connectivity index (χ1) is 29.7. The van der Waals surface area contributed by atoms with E-state index in [1.807, 2.05) is 0 Å². The highest BCUT2D eigenvalue weighted by molar-refractivity contribution is 6.60. The molecule has 0 bridgehead atoms. The van der Waals surface area contributed by atoms with Crippen LogP contribution in [0, 0.1) is 0 Å². The van der Waals surface area contributed by atoms with Crippen molar-refractivity contribution in [3.8, 4) is 0 Å². The van der Waals surface area contributed by atoms with Crippen LogP contribution in [0.5, 0.6) is 0 Å². The molecule has 0 heterocycles. The minimum absolute atomic E-state index is 0.791. The maximum absolute atomic E-state index is 6.87. The summed E-state index contributed by atoms with van der Waals surface area (Å²) >= 11 is 0. The third-order valence-corrected chi connectivity index (χ3v) is 15.8. The Kier molecular flexibility index (Phi) is 53.4. The predicted molar refractivity (Wildman–Crippen MR) is 270 cm³/mol. The second kappa shape index (κ2) is 53.4. The van der Waals surface area contributed by atoms with Gasteiger partial charge >= 0.3 is 8.80 Å². The Labute approximate surface area is 381 Å². The van der Waals surface area contributed by atoms with E-state index in [0.29, 0.717) is 0 Å². The Morgan fingerprint density at radius 3 is 0.617 bits per heavy atom. The standard InChI is InChI=1S/C55H114O4Si/c1-5-9-13-17-21-25-29-33-37-41-45-50-56-51-49-55-60(57-52-46-42-38-34-30-26-22-18-14-10-6-2,58-53-47-43-39-35-31-27-23-19-15-11-7-3)59-54-48-44-40-36-32-28-24-20-16-12-8-4/h5-55H2,1-4H3. The van der Waals surface area contributed by atoms with Crippen molar-refractivity contribution in [2.75, 3.05) is 33.0 Å². The highest BCUT2D eigenvalue weighted by Gasteiger charge is 2.40. The van der Waals surface area contributed by atoms with Gasteiger partial charge in [0.25, 0.3) is 0 Å². The van der Waals surface area contributed by atoms with Crippen molar-refractivity contribution in [1.29, 1.82) is 0 Å². The molecule has 0 unspecified atom stereocenters. The zero-order valence-electron chi connectivity index (χ0n) is 42.2. The summed E-state index contributed by atoms with van der Waals surface area (Å²) in [4.78, 5) is 0. The van der Waals surface area contributed by atoms with Crippen LogP contribution in [0.3, 0.4) is 0 Å². The van der Waals surface area contributed by atoms with Crippen molar-refractivity contribution in [1.82, 2.24) is 0 Å². The Morgan fingerprint density at radius 1 is 0.200 bits per heavy atom. The quantitative estimate of drug-likeness (QED) is 0.0451. The van der Waals surface area contributed by atoms with E-state index in [4.69, 9.17) is 18.0 Å². The van der Waals surface area contributed by atoms with Crippen LogP contribution in [0.1, 0.15) is 317 Å². The zero-order chi connectivity index (χ0) is 43.4. The van der Waals surface area contributed by atoms with Crippen LogP contribution in [-0.4, -0.2) is 41.8 Å². The third-order valence-electron chi connectivity index (χ3n) is 12.9. The molecule has 0 aliphatic carbocycles. The molecule has 0 amide bonds. The van der Waals surface area contributed by atoms with Gasteiger partial charge in [-0.3, -0.25) is 0 Å². The lowest BCUT2D eigenvalue weighted by Crippen LogP contribution is -2.47. The fourth-order valence-electron chi connectivity index (χ4n) is 8.68. The summed E-state index contributed by atoms with van der Waals surface area (Å²) in [5, 5.41) is 0. The van der Waals surface area contributed by atoms with E-state index in [2.05, 4.69) is 27.7 Å². The van der Waals surface area contributed by atoms with Crippen LogP contribution >= 0.6 is 0 Å². The molecule has 4 nitrogen and oxygen atoms in total. The van der Waals surface area contributed by atoms with Crippen LogP contribution in [-0.2, 0) is 18.0 Å². The van der Waals surface area contributed by atoms with Crippen LogP contribution in [0.4, 0.5) is 0 Å². The summed E-state index contributed by atoms with van der Waals surface area (Å²) in [5.74, 6) is 0. The van der Waals surface area contributed by atoms with Gasteiger partial charge in [0.1, 0.15) is 0 Å². The van der Waals surface area contributed by atoms with E-state index < -0.39 is 8.80 Å². The molecule has 0 N–H and O–H groups in total. The molecule has 0 saturated heterocycles. The highest BCUT2D eigenvalue weighted by Crippen LogP contribution is 2.23. The molecule has 60 heavy (non-hydrogen) atoms. The topological polar surface area (TPSA) is 36.9 Å². The second-order valence-corrected chi connectivity index (χ2v) is 21.8. The normalized spacial score (nSPS) is 12.0. The fraction of sp³-hybridized carbons (Fsp3) is 1.00. The lowest BCUT2D eigenvalue weighted by atomic mass is 10.1. The molecule has 0 radical (unpaired) electrons. The first-order valence-corrected chi connectivity index (χ1v) is 30.2. The van der Waals surface area contributed by atoms with E-state index in [9.17, 15) is 0 Å². The van der Waals surface area contributed by atoms with Crippen molar-refractivity contribution in [2.45, 2.75) is 323 Å². The molecular formula is C55H114O4Si. The molecule has 0 fully saturated rings. The number of ether oxygens (including phenoxy) is 1. The number of unbranched alkanes of at least 4 members (excludes halogenated alkanes) is 40. The SMILES string of the molecule is CCCCCCCCCCCCCOCCC[Si](OCCCCCCCCCCCCC)(OCCCCCCCCCCCCC)OCCCCCCCCCCCCC. The van der Waals surface area contributed by atoms with Gasteiger partial charge in [0.2, 0.25) is 0 Å². The predicted octanol–water partition coefficient (Wildman–Crippen LogP) is 19.6. The minimum Gasteiger partial charge on any atom is -0.381 e. The molecule has 0 spiro atoms. The molecule has 0 rings (SSSR count). The minimum atomic E-state index is -2.77. The highest BCUT2D eigenvalue weighted by atomic mass is 28.4. The fourth-order valence-corrected chi connectivity index (χ4v) is 11.3. The first-order valence-electron chi connectivity index (χ1n) is 28.2. The van der Waals surface area contributed by atoms with Gasteiger partial charge in [-0.1, -0.05) is 285 Å². The molecule has 0 saturated carbocycles. The van der Waals surface area contributed by atoms with Crippen LogP contribution in [0.25, 0.3) is 0 Å². The summed E-state index contributed by atoms with van der Waals surface area (Å²) in [6, 6.07) is 0.902. The van der Waals surface area contributed by atoms with Crippen molar-refractivity contribution in [3.05, 3.63) is 0 Å². The van der Waals surface area contributed by atoms with Crippen LogP contribution in [0.2, 0.25) is 6.04 Å². The average molecular weight is 868 g/mol. The van der Waals surface area contributed by atoms with Gasteiger partial charge in [-0.05, 0) is 32.1 Å². The second-order valence-electron chi connectivity index (χ2n) is 19.1. The molecule has 0 aromatic rings. The summed E-state index contributed by atoms with van der Waals surface area (Å²) < 4.78 is 26.8. The monoisotopic (exact) mass is 867 g/mol. The molecule has 0 atom stereocenters. The number of rotatable bonds is 55. The van der Waals surface area contributed by atoms with Gasteiger partial charge < -0.3 is 18.0 Å². The van der Waals surface area contributed by atoms with Crippen molar-refractivity contribution in [3.63, 3.8) is 0 Å². The van der Waals surface area contributed by atoms with Crippen LogP contribution in [0.15, 0.2) is 0 Å². The Hall–Kier alpha value is 0.0569. The zero-order valence-corrected chi connectivity index (χ0v) is 43.2. The van der Waals surface area contributed by atoms with Crippen molar-refractivity contribution < 1.29 is 18.0 Å². The lowest BCUT2D eigenvalue weighted by Gasteiger charge is -2.30. The summed E-state index contributed by atoms with van der Waals surface area (Å²) in [7, 11) is -2.77. The largest absolute Gasteiger partial charge is 0.501 e. The molecular weight excluding hydrogens is 753 g/mol. The average Bonchev–Trinajstić information content (AvgIpc) is 3.26. The molecule has 0 aliphatic rings. The molecule has 5 heteroatoms. The van der Waals surface area contributed by atoms with Crippen molar-refractivity contribution >= 4 is 8.80 Å². The molecule has 0 aromatic carbocycles. The summed E-state index contributed by atoms with van der Waals surface area (Å²) in [6.45, 7) is 13.3. The van der Waals surface area contributed by atoms with E-state index in [-0.39, 0.29) is 0 Å². The number of hydrogen-bond donors (Lipinski definition) is 0. The Morgan fingerprint density at radius 2 is 0.383 bits per heavy atom. The Balaban J connectivity index is 4.90. The van der Waals surface area contributed by atoms with Gasteiger partial charge in [-0.15, -0.1) is 0 Å². The van der Waals surface area contributed by atoms with Crippen molar-refractivity contribution in [2.24, 2.45) is 0 Å².